The summed E-state index contributed by atoms with van der Waals surface area (Å²) < 4.78 is 0. The Kier molecular flexibility index (Phi) is 3.93. The van der Waals surface area contributed by atoms with E-state index in [0.717, 1.165) is 46.1 Å². The Bertz CT molecular complexity index is 732. The van der Waals surface area contributed by atoms with Gasteiger partial charge in [0, 0.05) is 22.0 Å². The fourth-order valence-electron chi connectivity index (χ4n) is 2.26. The van der Waals surface area contributed by atoms with E-state index in [-0.39, 0.29) is 0 Å². The number of aromatic amines is 1. The number of H-pyrrole nitrogens is 1. The Labute approximate surface area is 128 Å². The zero-order chi connectivity index (χ0) is 14.7. The van der Waals surface area contributed by atoms with Gasteiger partial charge in [-0.1, -0.05) is 41.9 Å². The van der Waals surface area contributed by atoms with Crippen molar-refractivity contribution in [3.63, 3.8) is 0 Å². The van der Waals surface area contributed by atoms with Gasteiger partial charge in [-0.2, -0.15) is 5.10 Å². The number of hydrogen-bond acceptors (Lipinski definition) is 2. The minimum absolute atomic E-state index is 0.758. The van der Waals surface area contributed by atoms with Crippen LogP contribution in [0.15, 0.2) is 54.6 Å². The van der Waals surface area contributed by atoms with Gasteiger partial charge in [0.2, 0.25) is 0 Å². The van der Waals surface area contributed by atoms with Crippen LogP contribution in [0.3, 0.4) is 0 Å². The first-order chi connectivity index (χ1) is 10.2. The van der Waals surface area contributed by atoms with E-state index >= 15 is 0 Å². The maximum absolute atomic E-state index is 6.17. The number of rotatable bonds is 4. The monoisotopic (exact) mass is 297 g/mol. The molecule has 0 bridgehead atoms. The van der Waals surface area contributed by atoms with Crippen LogP contribution in [0.1, 0.15) is 11.3 Å². The first kappa shape index (κ1) is 13.7. The Balaban J connectivity index is 1.71. The number of aryl methyl sites for hydroxylation is 2. The minimum Gasteiger partial charge on any atom is -0.399 e. The van der Waals surface area contributed by atoms with E-state index in [1.807, 2.05) is 42.5 Å². The molecule has 0 unspecified atom stereocenters. The minimum atomic E-state index is 0.758. The molecule has 3 N–H and O–H groups in total. The first-order valence-electron chi connectivity index (χ1n) is 6.86. The Morgan fingerprint density at radius 3 is 2.52 bits per heavy atom. The van der Waals surface area contributed by atoms with Crippen LogP contribution in [0.4, 0.5) is 5.69 Å². The van der Waals surface area contributed by atoms with Crippen molar-refractivity contribution >= 4 is 17.3 Å². The molecule has 0 aliphatic carbocycles. The van der Waals surface area contributed by atoms with Gasteiger partial charge < -0.3 is 5.73 Å². The highest BCUT2D eigenvalue weighted by molar-refractivity contribution is 6.31. The molecule has 3 aromatic rings. The molecule has 3 nitrogen and oxygen atoms in total. The van der Waals surface area contributed by atoms with Crippen molar-refractivity contribution in [2.24, 2.45) is 0 Å². The highest BCUT2D eigenvalue weighted by atomic mass is 35.5. The summed E-state index contributed by atoms with van der Waals surface area (Å²) in [6, 6.07) is 17.7. The molecular weight excluding hydrogens is 282 g/mol. The molecule has 0 aliphatic heterocycles. The summed E-state index contributed by atoms with van der Waals surface area (Å²) in [4.78, 5) is 0. The first-order valence-corrected chi connectivity index (χ1v) is 7.24. The van der Waals surface area contributed by atoms with Crippen LogP contribution in [0, 0.1) is 0 Å². The van der Waals surface area contributed by atoms with Crippen LogP contribution in [0.25, 0.3) is 11.3 Å². The summed E-state index contributed by atoms with van der Waals surface area (Å²) in [6.45, 7) is 0. The summed E-state index contributed by atoms with van der Waals surface area (Å²) in [7, 11) is 0. The number of halogens is 1. The summed E-state index contributed by atoms with van der Waals surface area (Å²) in [6.07, 6.45) is 1.77. The lowest BCUT2D eigenvalue weighted by atomic mass is 10.1. The van der Waals surface area contributed by atoms with Gasteiger partial charge in [0.05, 0.1) is 5.69 Å². The Morgan fingerprint density at radius 1 is 1.00 bits per heavy atom. The van der Waals surface area contributed by atoms with Crippen LogP contribution < -0.4 is 5.73 Å². The number of benzene rings is 2. The molecule has 0 radical (unpaired) electrons. The second-order valence-corrected chi connectivity index (χ2v) is 5.40. The fourth-order valence-corrected chi connectivity index (χ4v) is 2.49. The van der Waals surface area contributed by atoms with Crippen molar-refractivity contribution in [2.75, 3.05) is 5.73 Å². The van der Waals surface area contributed by atoms with E-state index in [0.29, 0.717) is 0 Å². The van der Waals surface area contributed by atoms with Gasteiger partial charge in [0.25, 0.3) is 0 Å². The lowest BCUT2D eigenvalue weighted by Gasteiger charge is -2.01. The molecule has 0 aliphatic rings. The fraction of sp³-hybridized carbons (Fsp3) is 0.118. The molecular formula is C17H16ClN3. The van der Waals surface area contributed by atoms with Gasteiger partial charge in [-0.15, -0.1) is 0 Å². The highest BCUT2D eigenvalue weighted by Gasteiger charge is 2.05. The van der Waals surface area contributed by atoms with Crippen molar-refractivity contribution in [3.05, 3.63) is 70.9 Å². The SMILES string of the molecule is Nc1ccc(-c2cc(CCc3ccccc3Cl)[nH]n2)cc1. The van der Waals surface area contributed by atoms with Gasteiger partial charge >= 0.3 is 0 Å². The van der Waals surface area contributed by atoms with E-state index in [4.69, 9.17) is 17.3 Å². The molecule has 3 rings (SSSR count). The van der Waals surface area contributed by atoms with Crippen LogP contribution in [-0.2, 0) is 12.8 Å². The van der Waals surface area contributed by atoms with E-state index in [1.54, 1.807) is 0 Å². The smallest absolute Gasteiger partial charge is 0.0923 e. The van der Waals surface area contributed by atoms with Crippen LogP contribution in [0.2, 0.25) is 5.02 Å². The maximum Gasteiger partial charge on any atom is 0.0923 e. The Hall–Kier alpha value is -2.26. The van der Waals surface area contributed by atoms with E-state index in [1.165, 1.54) is 0 Å². The van der Waals surface area contributed by atoms with Crippen molar-refractivity contribution in [1.29, 1.82) is 0 Å². The molecule has 0 spiro atoms. The number of nitrogen functional groups attached to an aromatic ring is 1. The van der Waals surface area contributed by atoms with Crippen molar-refractivity contribution in [3.8, 4) is 11.3 Å². The molecule has 1 aromatic heterocycles. The van der Waals surface area contributed by atoms with Crippen molar-refractivity contribution in [2.45, 2.75) is 12.8 Å². The second-order valence-electron chi connectivity index (χ2n) is 4.99. The molecule has 4 heteroatoms. The lowest BCUT2D eigenvalue weighted by Crippen LogP contribution is -1.92. The predicted molar refractivity (Wildman–Crippen MR) is 87.3 cm³/mol. The third kappa shape index (κ3) is 3.26. The van der Waals surface area contributed by atoms with E-state index in [2.05, 4.69) is 22.3 Å². The molecule has 106 valence electrons. The molecule has 0 atom stereocenters. The summed E-state index contributed by atoms with van der Waals surface area (Å²) in [5, 5.41) is 8.25. The zero-order valence-electron chi connectivity index (χ0n) is 11.5. The van der Waals surface area contributed by atoms with Crippen molar-refractivity contribution in [1.82, 2.24) is 10.2 Å². The third-order valence-electron chi connectivity index (χ3n) is 3.46. The molecule has 0 fully saturated rings. The van der Waals surface area contributed by atoms with Crippen LogP contribution >= 0.6 is 11.6 Å². The molecule has 2 aromatic carbocycles. The molecule has 1 heterocycles. The van der Waals surface area contributed by atoms with Gasteiger partial charge in [-0.3, -0.25) is 5.10 Å². The average Bonchev–Trinajstić information content (AvgIpc) is 2.96. The summed E-state index contributed by atoms with van der Waals surface area (Å²) in [5.74, 6) is 0. The zero-order valence-corrected chi connectivity index (χ0v) is 12.3. The predicted octanol–water partition coefficient (Wildman–Crippen LogP) is 4.10. The molecule has 0 saturated carbocycles. The highest BCUT2D eigenvalue weighted by Crippen LogP contribution is 2.21. The normalized spacial score (nSPS) is 10.7. The Morgan fingerprint density at radius 2 is 1.76 bits per heavy atom. The number of hydrogen-bond donors (Lipinski definition) is 2. The number of nitrogens with one attached hydrogen (secondary N) is 1. The second kappa shape index (κ2) is 6.02. The number of anilines is 1. The number of nitrogens with zero attached hydrogens (tertiary/aromatic N) is 1. The van der Waals surface area contributed by atoms with E-state index < -0.39 is 0 Å². The largest absolute Gasteiger partial charge is 0.399 e. The van der Waals surface area contributed by atoms with Gasteiger partial charge in [-0.25, -0.2) is 0 Å². The maximum atomic E-state index is 6.17. The number of aromatic nitrogens is 2. The van der Waals surface area contributed by atoms with Crippen LogP contribution in [-0.4, -0.2) is 10.2 Å². The molecule has 0 saturated heterocycles. The van der Waals surface area contributed by atoms with Crippen molar-refractivity contribution < 1.29 is 0 Å². The van der Waals surface area contributed by atoms with Gasteiger partial charge in [0.1, 0.15) is 0 Å². The molecule has 21 heavy (non-hydrogen) atoms. The van der Waals surface area contributed by atoms with E-state index in [9.17, 15) is 0 Å². The lowest BCUT2D eigenvalue weighted by molar-refractivity contribution is 0.893. The topological polar surface area (TPSA) is 54.7 Å². The van der Waals surface area contributed by atoms with Gasteiger partial charge in [0.15, 0.2) is 0 Å². The standard InChI is InChI=1S/C17H16ClN3/c18-16-4-2-1-3-12(16)7-10-15-11-17(21-20-15)13-5-8-14(19)9-6-13/h1-6,8-9,11H,7,10,19H2,(H,20,21). The molecule has 0 amide bonds. The summed E-state index contributed by atoms with van der Waals surface area (Å²) >= 11 is 6.17. The average molecular weight is 298 g/mol. The number of nitrogens with two attached hydrogens (primary N) is 1. The third-order valence-corrected chi connectivity index (χ3v) is 3.83. The van der Waals surface area contributed by atoms with Crippen LogP contribution in [0.5, 0.6) is 0 Å². The quantitative estimate of drug-likeness (QED) is 0.712. The van der Waals surface area contributed by atoms with Gasteiger partial charge in [-0.05, 0) is 42.7 Å². The summed E-state index contributed by atoms with van der Waals surface area (Å²) in [5.41, 5.74) is 10.7.